The largest absolute Gasteiger partial charge is 0.493 e. The minimum absolute atomic E-state index is 0.247. The Morgan fingerprint density at radius 3 is 2.30 bits per heavy atom. The highest BCUT2D eigenvalue weighted by atomic mass is 19.1. The molecule has 2 aliphatic rings. The van der Waals surface area contributed by atoms with Crippen molar-refractivity contribution in [2.24, 2.45) is 5.41 Å². The topological polar surface area (TPSA) is 83.9 Å². The summed E-state index contributed by atoms with van der Waals surface area (Å²) in [5.41, 5.74) is 5.62. The number of nitrogens with one attached hydrogen (secondary N) is 1. The van der Waals surface area contributed by atoms with E-state index < -0.39 is 17.7 Å². The molecule has 2 N–H and O–H groups in total. The fourth-order valence-corrected chi connectivity index (χ4v) is 6.50. The minimum atomic E-state index is -1.15. The van der Waals surface area contributed by atoms with E-state index in [0.717, 1.165) is 72.8 Å². The molecule has 230 valence electrons. The molecule has 3 heterocycles. The summed E-state index contributed by atoms with van der Waals surface area (Å²) in [6.45, 7) is 13.8. The molecule has 0 bridgehead atoms. The van der Waals surface area contributed by atoms with Gasteiger partial charge < -0.3 is 24.8 Å². The number of hydrogen-bond acceptors (Lipinski definition) is 6. The van der Waals surface area contributed by atoms with E-state index in [1.54, 1.807) is 12.1 Å². The lowest BCUT2D eigenvalue weighted by atomic mass is 9.77. The van der Waals surface area contributed by atoms with Crippen LogP contribution in [0, 0.1) is 25.1 Å². The number of carboxylic acid groups (broad SMARTS) is 1. The van der Waals surface area contributed by atoms with E-state index in [2.05, 4.69) is 10.2 Å². The van der Waals surface area contributed by atoms with Crippen molar-refractivity contribution in [2.45, 2.75) is 72.0 Å². The lowest BCUT2D eigenvalue weighted by Gasteiger charge is -2.42. The number of carbonyl (C=O) groups is 1. The Balaban J connectivity index is 1.49. The first-order valence-corrected chi connectivity index (χ1v) is 15.3. The highest BCUT2D eigenvalue weighted by Gasteiger charge is 2.40. The van der Waals surface area contributed by atoms with E-state index in [1.807, 2.05) is 58.9 Å². The maximum absolute atomic E-state index is 13.2. The van der Waals surface area contributed by atoms with Crippen LogP contribution in [0.3, 0.4) is 0 Å². The molecule has 7 nitrogen and oxygen atoms in total. The zero-order valence-corrected chi connectivity index (χ0v) is 26.0. The minimum Gasteiger partial charge on any atom is -0.493 e. The molecule has 2 saturated heterocycles. The molecular weight excluding hydrogens is 545 g/mol. The van der Waals surface area contributed by atoms with Gasteiger partial charge in [0, 0.05) is 48.6 Å². The van der Waals surface area contributed by atoms with Gasteiger partial charge in [-0.15, -0.1) is 0 Å². The molecular formula is C35H44FN3O4. The first-order valence-electron chi connectivity index (χ1n) is 15.3. The number of ether oxygens (including phenoxy) is 2. The second-order valence-corrected chi connectivity index (χ2v) is 13.0. The fraction of sp³-hybridized carbons (Fsp3) is 0.486. The van der Waals surface area contributed by atoms with Crippen molar-refractivity contribution in [2.75, 3.05) is 37.7 Å². The average Bonchev–Trinajstić information content (AvgIpc) is 3.41. The Kier molecular flexibility index (Phi) is 9.09. The summed E-state index contributed by atoms with van der Waals surface area (Å²) in [5.74, 6) is -0.532. The molecule has 43 heavy (non-hydrogen) atoms. The number of nitrogens with zero attached hydrogens (tertiary/aromatic N) is 2. The fourth-order valence-electron chi connectivity index (χ4n) is 6.50. The predicted molar refractivity (Wildman–Crippen MR) is 167 cm³/mol. The van der Waals surface area contributed by atoms with Gasteiger partial charge in [0.25, 0.3) is 0 Å². The van der Waals surface area contributed by atoms with Gasteiger partial charge in [-0.05, 0) is 101 Å². The monoisotopic (exact) mass is 589 g/mol. The normalized spacial score (nSPS) is 17.3. The summed E-state index contributed by atoms with van der Waals surface area (Å²) in [6.07, 6.45) is 2.81. The summed E-state index contributed by atoms with van der Waals surface area (Å²) < 4.78 is 25.4. The summed E-state index contributed by atoms with van der Waals surface area (Å²) in [6, 6.07) is 14.4. The molecule has 2 aliphatic heterocycles. The Hall–Kier alpha value is -3.49. The van der Waals surface area contributed by atoms with Crippen molar-refractivity contribution < 1.29 is 23.8 Å². The molecule has 2 aromatic carbocycles. The molecule has 1 aromatic heterocycles. The van der Waals surface area contributed by atoms with E-state index in [-0.39, 0.29) is 5.82 Å². The third-order valence-electron chi connectivity index (χ3n) is 8.72. The predicted octanol–water partition coefficient (Wildman–Crippen LogP) is 6.65. The van der Waals surface area contributed by atoms with Crippen molar-refractivity contribution in [3.05, 3.63) is 76.9 Å². The van der Waals surface area contributed by atoms with Crippen molar-refractivity contribution in [3.63, 3.8) is 0 Å². The third kappa shape index (κ3) is 7.19. The average molecular weight is 590 g/mol. The molecule has 8 heteroatoms. The molecule has 0 amide bonds. The van der Waals surface area contributed by atoms with Gasteiger partial charge in [-0.2, -0.15) is 0 Å². The quantitative estimate of drug-likeness (QED) is 0.289. The number of anilines is 1. The van der Waals surface area contributed by atoms with Gasteiger partial charge in [-0.25, -0.2) is 9.18 Å². The zero-order chi connectivity index (χ0) is 30.8. The summed E-state index contributed by atoms with van der Waals surface area (Å²) in [7, 11) is 0. The third-order valence-corrected chi connectivity index (χ3v) is 8.72. The van der Waals surface area contributed by atoms with Crippen LogP contribution in [0.2, 0.25) is 0 Å². The Bertz CT molecular complexity index is 1420. The van der Waals surface area contributed by atoms with Gasteiger partial charge in [0.1, 0.15) is 11.6 Å². The molecule has 1 spiro atoms. The maximum Gasteiger partial charge on any atom is 0.337 e. The summed E-state index contributed by atoms with van der Waals surface area (Å²) >= 11 is 0. The van der Waals surface area contributed by atoms with Crippen molar-refractivity contribution in [3.8, 4) is 16.9 Å². The molecule has 0 saturated carbocycles. The van der Waals surface area contributed by atoms with E-state index in [1.165, 1.54) is 18.6 Å². The van der Waals surface area contributed by atoms with Crippen LogP contribution < -0.4 is 15.0 Å². The molecule has 3 aromatic rings. The van der Waals surface area contributed by atoms with Gasteiger partial charge in [0.2, 0.25) is 0 Å². The van der Waals surface area contributed by atoms with Crippen LogP contribution in [-0.2, 0) is 16.0 Å². The number of pyridine rings is 1. The number of aromatic nitrogens is 1. The Morgan fingerprint density at radius 1 is 1.05 bits per heavy atom. The van der Waals surface area contributed by atoms with E-state index in [9.17, 15) is 14.3 Å². The number of aryl methyl sites for hydroxylation is 2. The van der Waals surface area contributed by atoms with Crippen molar-refractivity contribution >= 4 is 11.7 Å². The maximum atomic E-state index is 13.2. The number of halogens is 1. The van der Waals surface area contributed by atoms with Crippen LogP contribution in [0.4, 0.5) is 10.1 Å². The second kappa shape index (κ2) is 12.6. The van der Waals surface area contributed by atoms with Crippen LogP contribution in [-0.4, -0.2) is 54.4 Å². The van der Waals surface area contributed by atoms with Crippen LogP contribution in [0.5, 0.6) is 5.75 Å². The Labute approximate surface area is 254 Å². The van der Waals surface area contributed by atoms with Gasteiger partial charge in [0.15, 0.2) is 6.10 Å². The zero-order valence-electron chi connectivity index (χ0n) is 26.0. The lowest BCUT2D eigenvalue weighted by molar-refractivity contribution is -0.160. The van der Waals surface area contributed by atoms with E-state index in [4.69, 9.17) is 14.5 Å². The second-order valence-electron chi connectivity index (χ2n) is 13.0. The summed E-state index contributed by atoms with van der Waals surface area (Å²) in [4.78, 5) is 20.0. The lowest BCUT2D eigenvalue weighted by Crippen LogP contribution is -2.42. The molecule has 0 aliphatic carbocycles. The van der Waals surface area contributed by atoms with Crippen LogP contribution >= 0.6 is 0 Å². The number of benzene rings is 2. The Morgan fingerprint density at radius 2 is 1.72 bits per heavy atom. The number of aliphatic carboxylic acids is 1. The highest BCUT2D eigenvalue weighted by molar-refractivity contribution is 5.88. The standard InChI is InChI=1S/C35H44FN3O4/c1-23-29(26-8-12-28(13-9-26)42-21-14-25-6-10-27(36)11-7-25)31(39-19-16-35(17-20-39)15-18-37-22-35)30(24(2)38-23)32(33(40)41)43-34(3,4)5/h6-13,32,37H,14-22H2,1-5H3,(H,40,41)/t32-/m0/s1. The summed E-state index contributed by atoms with van der Waals surface area (Å²) in [5, 5.41) is 14.0. The highest BCUT2D eigenvalue weighted by Crippen LogP contribution is 2.46. The van der Waals surface area contributed by atoms with Crippen molar-refractivity contribution in [1.29, 1.82) is 0 Å². The molecule has 0 unspecified atom stereocenters. The van der Waals surface area contributed by atoms with Gasteiger partial charge in [-0.1, -0.05) is 24.3 Å². The van der Waals surface area contributed by atoms with Gasteiger partial charge >= 0.3 is 5.97 Å². The molecule has 1 atom stereocenters. The SMILES string of the molecule is Cc1nc(C)c([C@H](OC(C)(C)C)C(=O)O)c(N2CCC3(CCNC3)CC2)c1-c1ccc(OCCc2ccc(F)cc2)cc1. The van der Waals surface area contributed by atoms with Crippen LogP contribution in [0.25, 0.3) is 11.1 Å². The van der Waals surface area contributed by atoms with Crippen molar-refractivity contribution in [1.82, 2.24) is 10.3 Å². The molecule has 0 radical (unpaired) electrons. The van der Waals surface area contributed by atoms with Gasteiger partial charge in [-0.3, -0.25) is 4.98 Å². The number of hydrogen-bond donors (Lipinski definition) is 2. The van der Waals surface area contributed by atoms with E-state index in [0.29, 0.717) is 29.7 Å². The number of rotatable bonds is 9. The first kappa shape index (κ1) is 31.0. The van der Waals surface area contributed by atoms with Crippen LogP contribution in [0.1, 0.15) is 68.7 Å². The van der Waals surface area contributed by atoms with E-state index >= 15 is 0 Å². The number of piperidine rings is 1. The number of carboxylic acids is 1. The van der Waals surface area contributed by atoms with Gasteiger partial charge in [0.05, 0.1) is 17.9 Å². The van der Waals surface area contributed by atoms with Crippen LogP contribution in [0.15, 0.2) is 48.5 Å². The molecule has 2 fully saturated rings. The first-order chi connectivity index (χ1) is 20.4. The smallest absolute Gasteiger partial charge is 0.337 e. The molecule has 5 rings (SSSR count).